The number of amides is 2. The van der Waals surface area contributed by atoms with Crippen LogP contribution in [-0.2, 0) is 16.0 Å². The number of benzene rings is 1. The van der Waals surface area contributed by atoms with E-state index in [-0.39, 0.29) is 24.3 Å². The summed E-state index contributed by atoms with van der Waals surface area (Å²) in [6.45, 7) is 0.749. The van der Waals surface area contributed by atoms with Crippen molar-refractivity contribution in [2.75, 3.05) is 23.8 Å². The summed E-state index contributed by atoms with van der Waals surface area (Å²) in [5.74, 6) is 1.92. The molecule has 1 atom stereocenters. The van der Waals surface area contributed by atoms with E-state index < -0.39 is 0 Å². The fourth-order valence-electron chi connectivity index (χ4n) is 4.17. The van der Waals surface area contributed by atoms with E-state index in [0.29, 0.717) is 48.8 Å². The third-order valence-electron chi connectivity index (χ3n) is 5.86. The molecule has 0 saturated heterocycles. The van der Waals surface area contributed by atoms with Crippen molar-refractivity contribution < 1.29 is 19.1 Å². The third kappa shape index (κ3) is 3.62. The number of primary amides is 1. The third-order valence-corrected chi connectivity index (χ3v) is 5.86. The molecule has 2 amide bonds. The van der Waals surface area contributed by atoms with Crippen molar-refractivity contribution in [2.45, 2.75) is 19.3 Å². The van der Waals surface area contributed by atoms with E-state index in [2.05, 4.69) is 10.3 Å². The van der Waals surface area contributed by atoms with E-state index in [4.69, 9.17) is 20.9 Å². The van der Waals surface area contributed by atoms with E-state index in [1.54, 1.807) is 18.5 Å². The van der Waals surface area contributed by atoms with Crippen LogP contribution in [0.3, 0.4) is 0 Å². The maximum Gasteiger partial charge on any atom is 0.225 e. The summed E-state index contributed by atoms with van der Waals surface area (Å²) in [6.07, 6.45) is 6.70. The summed E-state index contributed by atoms with van der Waals surface area (Å²) in [7, 11) is 0. The molecule has 0 bridgehead atoms. The van der Waals surface area contributed by atoms with E-state index in [0.717, 1.165) is 22.6 Å². The molecule has 0 fully saturated rings. The highest BCUT2D eigenvalue weighted by atomic mass is 16.5. The fraction of sp³-hybridized carbons (Fsp3) is 0.261. The molecule has 1 unspecified atom stereocenters. The maximum atomic E-state index is 12.2. The van der Waals surface area contributed by atoms with Gasteiger partial charge in [-0.15, -0.1) is 0 Å². The van der Waals surface area contributed by atoms with E-state index in [1.165, 1.54) is 0 Å². The number of ether oxygens (including phenoxy) is 2. The average Bonchev–Trinajstić information content (AvgIpc) is 2.79. The molecule has 0 saturated carbocycles. The van der Waals surface area contributed by atoms with Crippen LogP contribution >= 0.6 is 0 Å². The molecular weight excluding hydrogens is 410 g/mol. The minimum Gasteiger partial charge on any atom is -0.492 e. The molecule has 0 spiro atoms. The molecule has 5 N–H and O–H groups in total. The lowest BCUT2D eigenvalue weighted by atomic mass is 9.96. The van der Waals surface area contributed by atoms with Gasteiger partial charge in [0.1, 0.15) is 29.7 Å². The molecule has 3 aliphatic rings. The van der Waals surface area contributed by atoms with Gasteiger partial charge in [-0.05, 0) is 48.7 Å². The van der Waals surface area contributed by atoms with Gasteiger partial charge in [0.05, 0.1) is 23.5 Å². The number of nitrogen functional groups attached to an aromatic ring is 1. The first-order valence-electron chi connectivity index (χ1n) is 10.4. The zero-order chi connectivity index (χ0) is 22.2. The number of hydrogen-bond acceptors (Lipinski definition) is 7. The van der Waals surface area contributed by atoms with Crippen molar-refractivity contribution in [1.82, 2.24) is 10.3 Å². The minimum absolute atomic E-state index is 0.0547. The van der Waals surface area contributed by atoms with E-state index >= 15 is 0 Å². The molecule has 5 rings (SSSR count). The number of nitrogens with one attached hydrogen (secondary N) is 1. The van der Waals surface area contributed by atoms with Gasteiger partial charge in [-0.1, -0.05) is 0 Å². The molecule has 164 valence electrons. The Balaban J connectivity index is 1.44. The molecule has 0 radical (unpaired) electrons. The number of anilines is 2. The van der Waals surface area contributed by atoms with E-state index in [1.807, 2.05) is 29.2 Å². The maximum absolute atomic E-state index is 12.2. The lowest BCUT2D eigenvalue weighted by molar-refractivity contribution is -0.123. The molecule has 1 aromatic heterocycles. The number of carbonyl (C=O) groups is 2. The molecular formula is C23H23N5O4. The Morgan fingerprint density at radius 1 is 1.28 bits per heavy atom. The topological polar surface area (TPSA) is 133 Å². The van der Waals surface area contributed by atoms with Gasteiger partial charge in [0.25, 0.3) is 0 Å². The van der Waals surface area contributed by atoms with Crippen LogP contribution in [0.4, 0.5) is 11.4 Å². The Kier molecular flexibility index (Phi) is 4.93. The lowest BCUT2D eigenvalue weighted by Gasteiger charge is -2.35. The van der Waals surface area contributed by atoms with Crippen LogP contribution in [0.1, 0.15) is 18.4 Å². The Bertz CT molecular complexity index is 1170. The van der Waals surface area contributed by atoms with Gasteiger partial charge < -0.3 is 31.2 Å². The van der Waals surface area contributed by atoms with Crippen LogP contribution < -0.4 is 31.2 Å². The quantitative estimate of drug-likeness (QED) is 0.667. The van der Waals surface area contributed by atoms with Gasteiger partial charge in [-0.3, -0.25) is 14.6 Å². The molecule has 0 aliphatic carbocycles. The Hall–Kier alpha value is -4.01. The van der Waals surface area contributed by atoms with Crippen molar-refractivity contribution in [3.63, 3.8) is 0 Å². The number of hydrogen-bond donors (Lipinski definition) is 3. The van der Waals surface area contributed by atoms with Gasteiger partial charge in [0.15, 0.2) is 0 Å². The SMILES string of the molecule is NC(=O)C1COc2ccc(OC3=CCN(c4cnccc4N)C4=C3CCC(=O)N4)cc2C1. The van der Waals surface area contributed by atoms with Crippen LogP contribution in [0.15, 0.2) is 59.9 Å². The molecule has 9 nitrogen and oxygen atoms in total. The van der Waals surface area contributed by atoms with Crippen molar-refractivity contribution in [2.24, 2.45) is 11.7 Å². The first-order chi connectivity index (χ1) is 15.5. The number of nitrogens with two attached hydrogens (primary N) is 2. The number of carbonyl (C=O) groups excluding carboxylic acids is 2. The highest BCUT2D eigenvalue weighted by Gasteiger charge is 2.31. The van der Waals surface area contributed by atoms with Gasteiger partial charge in [-0.2, -0.15) is 0 Å². The summed E-state index contributed by atoms with van der Waals surface area (Å²) in [6, 6.07) is 7.27. The molecule has 32 heavy (non-hydrogen) atoms. The van der Waals surface area contributed by atoms with Crippen LogP contribution in [-0.4, -0.2) is 29.9 Å². The number of aromatic nitrogens is 1. The molecule has 2 aromatic rings. The second-order valence-corrected chi connectivity index (χ2v) is 7.97. The fourth-order valence-corrected chi connectivity index (χ4v) is 4.17. The minimum atomic E-state index is -0.375. The highest BCUT2D eigenvalue weighted by Crippen LogP contribution is 2.37. The Morgan fingerprint density at radius 3 is 2.97 bits per heavy atom. The van der Waals surface area contributed by atoms with Crippen LogP contribution in [0.25, 0.3) is 0 Å². The second kappa shape index (κ2) is 7.92. The standard InChI is InChI=1S/C23H23N5O4/c24-17-5-7-26-11-18(17)28-8-6-20(16-2-4-21(29)27-23(16)28)32-15-1-3-19-13(10-15)9-14(12-31-19)22(25)30/h1,3,5-7,10-11,14H,2,4,8-9,12H2,(H2,24,26)(H2,25,30)(H,27,29). The van der Waals surface area contributed by atoms with Crippen molar-refractivity contribution in [3.8, 4) is 11.5 Å². The number of allylic oxidation sites excluding steroid dienone is 1. The monoisotopic (exact) mass is 433 g/mol. The van der Waals surface area contributed by atoms with Gasteiger partial charge in [-0.25, -0.2) is 0 Å². The lowest BCUT2D eigenvalue weighted by Crippen LogP contribution is -2.42. The first kappa shape index (κ1) is 19.9. The van der Waals surface area contributed by atoms with Crippen molar-refractivity contribution >= 4 is 23.2 Å². The zero-order valence-electron chi connectivity index (χ0n) is 17.3. The Morgan fingerprint density at radius 2 is 2.16 bits per heavy atom. The number of pyridine rings is 1. The molecule has 3 aliphatic heterocycles. The average molecular weight is 433 g/mol. The predicted molar refractivity (Wildman–Crippen MR) is 117 cm³/mol. The predicted octanol–water partition coefficient (Wildman–Crippen LogP) is 1.60. The first-order valence-corrected chi connectivity index (χ1v) is 10.4. The van der Waals surface area contributed by atoms with Crippen LogP contribution in [0.2, 0.25) is 0 Å². The van der Waals surface area contributed by atoms with Crippen LogP contribution in [0, 0.1) is 5.92 Å². The number of nitrogens with zero attached hydrogens (tertiary/aromatic N) is 2. The van der Waals surface area contributed by atoms with Gasteiger partial charge >= 0.3 is 0 Å². The summed E-state index contributed by atoms with van der Waals surface area (Å²) in [5, 5.41) is 2.97. The summed E-state index contributed by atoms with van der Waals surface area (Å²) in [4.78, 5) is 29.8. The summed E-state index contributed by atoms with van der Waals surface area (Å²) >= 11 is 0. The second-order valence-electron chi connectivity index (χ2n) is 7.97. The normalized spacial score (nSPS) is 19.9. The Labute approximate surface area is 184 Å². The van der Waals surface area contributed by atoms with Gasteiger partial charge in [0.2, 0.25) is 11.8 Å². The number of fused-ring (bicyclic) bond motifs is 1. The zero-order valence-corrected chi connectivity index (χ0v) is 17.3. The van der Waals surface area contributed by atoms with Crippen molar-refractivity contribution in [3.05, 3.63) is 65.5 Å². The van der Waals surface area contributed by atoms with Crippen LogP contribution in [0.5, 0.6) is 11.5 Å². The van der Waals surface area contributed by atoms with E-state index in [9.17, 15) is 9.59 Å². The molecule has 9 heteroatoms. The van der Waals surface area contributed by atoms with Gasteiger partial charge in [0, 0.05) is 24.7 Å². The summed E-state index contributed by atoms with van der Waals surface area (Å²) in [5.41, 5.74) is 14.7. The van der Waals surface area contributed by atoms with Crippen molar-refractivity contribution in [1.29, 1.82) is 0 Å². The largest absolute Gasteiger partial charge is 0.492 e. The summed E-state index contributed by atoms with van der Waals surface area (Å²) < 4.78 is 11.9. The molecule has 1 aromatic carbocycles. The smallest absolute Gasteiger partial charge is 0.225 e. The number of rotatable bonds is 4. The molecule has 4 heterocycles. The highest BCUT2D eigenvalue weighted by molar-refractivity contribution is 5.83.